The van der Waals surface area contributed by atoms with Gasteiger partial charge in [-0.25, -0.2) is 9.97 Å². The number of alkyl halides is 1. The molecule has 1 aliphatic carbocycles. The van der Waals surface area contributed by atoms with Crippen molar-refractivity contribution < 1.29 is 0 Å². The Labute approximate surface area is 77.0 Å². The van der Waals surface area contributed by atoms with Crippen LogP contribution in [0.15, 0.2) is 12.3 Å². The molecule has 0 N–H and O–H groups in total. The highest BCUT2D eigenvalue weighted by Gasteiger charge is 2.21. The van der Waals surface area contributed by atoms with Crippen molar-refractivity contribution in [3.8, 4) is 0 Å². The van der Waals surface area contributed by atoms with Crippen molar-refractivity contribution >= 4 is 11.6 Å². The van der Waals surface area contributed by atoms with Crippen LogP contribution in [0.3, 0.4) is 0 Å². The van der Waals surface area contributed by atoms with Crippen LogP contribution in [0.2, 0.25) is 0 Å². The van der Waals surface area contributed by atoms with Crippen molar-refractivity contribution in [2.75, 3.05) is 0 Å². The van der Waals surface area contributed by atoms with E-state index in [-0.39, 0.29) is 0 Å². The Hall–Kier alpha value is -0.630. The fraction of sp³-hybridized carbons (Fsp3) is 0.556. The second-order valence-electron chi connectivity index (χ2n) is 3.17. The van der Waals surface area contributed by atoms with Crippen LogP contribution < -0.4 is 0 Å². The average Bonchev–Trinajstić information content (AvgIpc) is 2.02. The van der Waals surface area contributed by atoms with Crippen LogP contribution in [0.25, 0.3) is 0 Å². The molecule has 1 saturated carbocycles. The molecule has 64 valence electrons. The van der Waals surface area contributed by atoms with Crippen LogP contribution in [0.4, 0.5) is 0 Å². The molecule has 2 rings (SSSR count). The summed E-state index contributed by atoms with van der Waals surface area (Å²) in [4.78, 5) is 8.61. The first-order valence-corrected chi connectivity index (χ1v) is 4.81. The molecule has 0 unspecified atom stereocenters. The van der Waals surface area contributed by atoms with E-state index in [0.717, 1.165) is 11.5 Å². The van der Waals surface area contributed by atoms with Crippen molar-refractivity contribution in [3.05, 3.63) is 23.8 Å². The number of hydrogen-bond acceptors (Lipinski definition) is 2. The van der Waals surface area contributed by atoms with Gasteiger partial charge in [-0.15, -0.1) is 11.6 Å². The highest BCUT2D eigenvalue weighted by molar-refractivity contribution is 6.16. The van der Waals surface area contributed by atoms with E-state index in [9.17, 15) is 0 Å². The zero-order valence-corrected chi connectivity index (χ0v) is 7.59. The summed E-state index contributed by atoms with van der Waals surface area (Å²) in [7, 11) is 0. The summed E-state index contributed by atoms with van der Waals surface area (Å²) in [6.45, 7) is 0. The molecule has 0 aromatic carbocycles. The third kappa shape index (κ3) is 1.44. The highest BCUT2D eigenvalue weighted by Crippen LogP contribution is 2.34. The summed E-state index contributed by atoms with van der Waals surface area (Å²) < 4.78 is 0. The summed E-state index contributed by atoms with van der Waals surface area (Å²) in [5.74, 6) is 2.08. The number of aromatic nitrogens is 2. The first-order chi connectivity index (χ1) is 5.90. The molecule has 0 amide bonds. The van der Waals surface area contributed by atoms with E-state index in [2.05, 4.69) is 9.97 Å². The largest absolute Gasteiger partial charge is 0.241 e. The van der Waals surface area contributed by atoms with Crippen LogP contribution in [-0.4, -0.2) is 9.97 Å². The summed E-state index contributed by atoms with van der Waals surface area (Å²) in [6, 6.07) is 1.87. The number of hydrogen-bond donors (Lipinski definition) is 0. The lowest BCUT2D eigenvalue weighted by atomic mass is 9.85. The molecule has 1 aromatic heterocycles. The van der Waals surface area contributed by atoms with Gasteiger partial charge in [-0.3, -0.25) is 0 Å². The van der Waals surface area contributed by atoms with Gasteiger partial charge in [0.1, 0.15) is 5.82 Å². The van der Waals surface area contributed by atoms with E-state index < -0.39 is 0 Å². The second kappa shape index (κ2) is 3.40. The first-order valence-electron chi connectivity index (χ1n) is 4.28. The molecule has 1 aliphatic rings. The van der Waals surface area contributed by atoms with Crippen LogP contribution >= 0.6 is 11.6 Å². The van der Waals surface area contributed by atoms with E-state index >= 15 is 0 Å². The van der Waals surface area contributed by atoms with Gasteiger partial charge in [0.05, 0.1) is 11.6 Å². The molecular formula is C9H11ClN2. The van der Waals surface area contributed by atoms with Gasteiger partial charge in [0.2, 0.25) is 0 Å². The fourth-order valence-corrected chi connectivity index (χ4v) is 1.50. The predicted molar refractivity (Wildman–Crippen MR) is 48.2 cm³/mol. The second-order valence-corrected chi connectivity index (χ2v) is 3.43. The maximum absolute atomic E-state index is 5.67. The summed E-state index contributed by atoms with van der Waals surface area (Å²) in [6.07, 6.45) is 5.61. The lowest BCUT2D eigenvalue weighted by Crippen LogP contribution is -2.12. The number of halogens is 1. The van der Waals surface area contributed by atoms with Gasteiger partial charge in [0.15, 0.2) is 0 Å². The zero-order valence-electron chi connectivity index (χ0n) is 6.83. The monoisotopic (exact) mass is 182 g/mol. The van der Waals surface area contributed by atoms with Crippen molar-refractivity contribution in [3.63, 3.8) is 0 Å². The van der Waals surface area contributed by atoms with Gasteiger partial charge in [-0.2, -0.15) is 0 Å². The summed E-state index contributed by atoms with van der Waals surface area (Å²) >= 11 is 5.67. The Bertz CT molecular complexity index is 271. The van der Waals surface area contributed by atoms with Gasteiger partial charge >= 0.3 is 0 Å². The van der Waals surface area contributed by atoms with E-state index in [1.54, 1.807) is 6.20 Å². The normalized spacial score (nSPS) is 17.4. The Morgan fingerprint density at radius 1 is 1.50 bits per heavy atom. The van der Waals surface area contributed by atoms with E-state index in [1.807, 2.05) is 6.07 Å². The molecule has 1 aromatic rings. The van der Waals surface area contributed by atoms with Crippen LogP contribution in [-0.2, 0) is 5.88 Å². The predicted octanol–water partition coefficient (Wildman–Crippen LogP) is 2.48. The molecule has 0 atom stereocenters. The minimum Gasteiger partial charge on any atom is -0.241 e. The fourth-order valence-electron chi connectivity index (χ4n) is 1.35. The van der Waals surface area contributed by atoms with Crippen LogP contribution in [0.1, 0.15) is 36.7 Å². The zero-order chi connectivity index (χ0) is 8.39. The Morgan fingerprint density at radius 2 is 2.33 bits per heavy atom. The standard InChI is InChI=1S/C9H11ClN2/c10-6-8-4-5-11-9(12-8)7-2-1-3-7/h4-5,7H,1-3,6H2. The lowest BCUT2D eigenvalue weighted by molar-refractivity contribution is 0.400. The van der Waals surface area contributed by atoms with E-state index in [0.29, 0.717) is 11.8 Å². The van der Waals surface area contributed by atoms with Crippen LogP contribution in [0.5, 0.6) is 0 Å². The smallest absolute Gasteiger partial charge is 0.131 e. The minimum atomic E-state index is 0.488. The molecule has 1 heterocycles. The molecule has 3 heteroatoms. The molecule has 0 bridgehead atoms. The Balaban J connectivity index is 2.19. The maximum atomic E-state index is 5.67. The van der Waals surface area contributed by atoms with Crippen molar-refractivity contribution in [2.24, 2.45) is 0 Å². The van der Waals surface area contributed by atoms with Crippen molar-refractivity contribution in [2.45, 2.75) is 31.1 Å². The van der Waals surface area contributed by atoms with Gasteiger partial charge in [0, 0.05) is 12.1 Å². The Morgan fingerprint density at radius 3 is 2.92 bits per heavy atom. The first kappa shape index (κ1) is 7.99. The topological polar surface area (TPSA) is 25.8 Å². The van der Waals surface area contributed by atoms with Gasteiger partial charge in [-0.05, 0) is 18.9 Å². The summed E-state index contributed by atoms with van der Waals surface area (Å²) in [5, 5.41) is 0. The third-order valence-corrected chi connectivity index (χ3v) is 2.61. The third-order valence-electron chi connectivity index (χ3n) is 2.34. The maximum Gasteiger partial charge on any atom is 0.131 e. The molecule has 12 heavy (non-hydrogen) atoms. The molecular weight excluding hydrogens is 172 g/mol. The molecule has 2 nitrogen and oxygen atoms in total. The summed E-state index contributed by atoms with van der Waals surface area (Å²) in [5.41, 5.74) is 0.938. The van der Waals surface area contributed by atoms with Crippen molar-refractivity contribution in [1.82, 2.24) is 9.97 Å². The van der Waals surface area contributed by atoms with Gasteiger partial charge in [0.25, 0.3) is 0 Å². The van der Waals surface area contributed by atoms with Gasteiger partial charge < -0.3 is 0 Å². The van der Waals surface area contributed by atoms with Crippen LogP contribution in [0, 0.1) is 0 Å². The molecule has 0 aliphatic heterocycles. The van der Waals surface area contributed by atoms with Crippen molar-refractivity contribution in [1.29, 1.82) is 0 Å². The average molecular weight is 183 g/mol. The van der Waals surface area contributed by atoms with E-state index in [4.69, 9.17) is 11.6 Å². The highest BCUT2D eigenvalue weighted by atomic mass is 35.5. The number of nitrogens with zero attached hydrogens (tertiary/aromatic N) is 2. The number of rotatable bonds is 2. The SMILES string of the molecule is ClCc1ccnc(C2CCC2)n1. The minimum absolute atomic E-state index is 0.488. The molecule has 0 radical (unpaired) electrons. The Kier molecular flexibility index (Phi) is 2.26. The van der Waals surface area contributed by atoms with Gasteiger partial charge in [-0.1, -0.05) is 6.42 Å². The quantitative estimate of drug-likeness (QED) is 0.657. The molecule has 0 spiro atoms. The lowest BCUT2D eigenvalue weighted by Gasteiger charge is -2.23. The molecule has 0 saturated heterocycles. The van der Waals surface area contributed by atoms with E-state index in [1.165, 1.54) is 19.3 Å². The molecule has 1 fully saturated rings.